The molecule has 1 saturated heterocycles. The molecule has 48 heavy (non-hydrogen) atoms. The fraction of sp³-hybridized carbons (Fsp3) is 0.822. The number of hydrogen-bond donors (Lipinski definition) is 0. The van der Waals surface area contributed by atoms with E-state index in [9.17, 15) is 0 Å². The molecule has 1 aliphatic carbocycles. The first kappa shape index (κ1) is 43.0. The Morgan fingerprint density at radius 3 is 1.15 bits per heavy atom. The van der Waals surface area contributed by atoms with Gasteiger partial charge >= 0.3 is 0 Å². The van der Waals surface area contributed by atoms with Crippen LogP contribution in [0.1, 0.15) is 194 Å². The van der Waals surface area contributed by atoms with E-state index in [1.807, 2.05) is 0 Å². The molecule has 0 bridgehead atoms. The molecule has 278 valence electrons. The molecule has 0 radical (unpaired) electrons. The maximum absolute atomic E-state index is 6.89. The van der Waals surface area contributed by atoms with Gasteiger partial charge in [0.15, 0.2) is 5.79 Å². The zero-order valence-corrected chi connectivity index (χ0v) is 32.9. The third-order valence-corrected chi connectivity index (χ3v) is 10.8. The quantitative estimate of drug-likeness (QED) is 0.0416. The first-order chi connectivity index (χ1) is 23.4. The third-order valence-electron chi connectivity index (χ3n) is 10.8. The van der Waals surface area contributed by atoms with Crippen molar-refractivity contribution in [2.75, 3.05) is 21.1 Å². The van der Waals surface area contributed by atoms with Crippen molar-refractivity contribution >= 4 is 0 Å². The molecule has 1 aliphatic heterocycles. The molecule has 0 aromatic rings. The van der Waals surface area contributed by atoms with Crippen LogP contribution in [0.3, 0.4) is 0 Å². The second-order valence-corrected chi connectivity index (χ2v) is 16.1. The minimum absolute atomic E-state index is 0.307. The van der Waals surface area contributed by atoms with Gasteiger partial charge in [0.05, 0.1) is 39.4 Å². The SMILES string of the molecule is CCCCC/C=C\C/C=C\CCCCCCCCC1(CCCCCCCC/C=C\C/C=C\CCCCC)OC2CC([N+](C)(C)C)CC2O1. The Bertz CT molecular complexity index is 801. The Morgan fingerprint density at radius 2 is 0.792 bits per heavy atom. The highest BCUT2D eigenvalue weighted by molar-refractivity contribution is 4.95. The van der Waals surface area contributed by atoms with Crippen LogP contribution in [0.2, 0.25) is 0 Å². The predicted molar refractivity (Wildman–Crippen MR) is 211 cm³/mol. The summed E-state index contributed by atoms with van der Waals surface area (Å²) in [7, 11) is 6.98. The zero-order valence-electron chi connectivity index (χ0n) is 32.9. The molecule has 2 rings (SSSR count). The molecular weight excluding hydrogens is 587 g/mol. The van der Waals surface area contributed by atoms with Crippen LogP contribution in [-0.2, 0) is 9.47 Å². The van der Waals surface area contributed by atoms with E-state index in [1.54, 1.807) is 0 Å². The van der Waals surface area contributed by atoms with Crippen LogP contribution >= 0.6 is 0 Å². The van der Waals surface area contributed by atoms with E-state index in [0.717, 1.165) is 43.0 Å². The molecular formula is C45H82NO2+. The van der Waals surface area contributed by atoms with Gasteiger partial charge in [0.25, 0.3) is 0 Å². The van der Waals surface area contributed by atoms with E-state index in [1.165, 1.54) is 141 Å². The van der Waals surface area contributed by atoms with E-state index in [4.69, 9.17) is 9.47 Å². The largest absolute Gasteiger partial charge is 0.344 e. The summed E-state index contributed by atoms with van der Waals surface area (Å²) in [5, 5.41) is 0. The van der Waals surface area contributed by atoms with Crippen molar-refractivity contribution in [3.8, 4) is 0 Å². The molecule has 0 spiro atoms. The average Bonchev–Trinajstić information content (AvgIpc) is 3.61. The topological polar surface area (TPSA) is 18.5 Å². The highest BCUT2D eigenvalue weighted by Crippen LogP contribution is 2.45. The van der Waals surface area contributed by atoms with Gasteiger partial charge in [-0.2, -0.15) is 0 Å². The lowest BCUT2D eigenvalue weighted by Crippen LogP contribution is -2.45. The predicted octanol–water partition coefficient (Wildman–Crippen LogP) is 13.7. The first-order valence-electron chi connectivity index (χ1n) is 21.2. The summed E-state index contributed by atoms with van der Waals surface area (Å²) in [6.07, 6.45) is 55.1. The minimum atomic E-state index is -0.310. The maximum Gasteiger partial charge on any atom is 0.169 e. The van der Waals surface area contributed by atoms with E-state index >= 15 is 0 Å². The number of quaternary nitrogens is 1. The highest BCUT2D eigenvalue weighted by Gasteiger charge is 2.53. The summed E-state index contributed by atoms with van der Waals surface area (Å²) in [5.41, 5.74) is 0. The van der Waals surface area contributed by atoms with Crippen molar-refractivity contribution in [1.29, 1.82) is 0 Å². The molecule has 0 aromatic heterocycles. The van der Waals surface area contributed by atoms with Gasteiger partial charge < -0.3 is 14.0 Å². The van der Waals surface area contributed by atoms with Gasteiger partial charge in [-0.1, -0.05) is 140 Å². The Labute approximate surface area is 300 Å². The van der Waals surface area contributed by atoms with Gasteiger partial charge in [-0.05, 0) is 77.0 Å². The molecule has 2 atom stereocenters. The van der Waals surface area contributed by atoms with Crippen molar-refractivity contribution in [2.45, 2.75) is 218 Å². The normalized spacial score (nSPS) is 21.2. The van der Waals surface area contributed by atoms with Crippen LogP contribution in [-0.4, -0.2) is 49.7 Å². The lowest BCUT2D eigenvalue weighted by atomic mass is 9.98. The van der Waals surface area contributed by atoms with Crippen molar-refractivity contribution in [1.82, 2.24) is 0 Å². The van der Waals surface area contributed by atoms with Gasteiger partial charge in [0.2, 0.25) is 0 Å². The number of ether oxygens (including phenoxy) is 2. The number of fused-ring (bicyclic) bond motifs is 1. The van der Waals surface area contributed by atoms with Gasteiger partial charge in [-0.25, -0.2) is 0 Å². The van der Waals surface area contributed by atoms with Crippen LogP contribution in [0, 0.1) is 0 Å². The summed E-state index contributed by atoms with van der Waals surface area (Å²) in [5.74, 6) is -0.310. The van der Waals surface area contributed by atoms with Gasteiger partial charge in [-0.3, -0.25) is 0 Å². The van der Waals surface area contributed by atoms with Crippen LogP contribution in [0.15, 0.2) is 48.6 Å². The molecule has 1 saturated carbocycles. The number of hydrogen-bond acceptors (Lipinski definition) is 2. The van der Waals surface area contributed by atoms with Crippen LogP contribution in [0.4, 0.5) is 0 Å². The average molecular weight is 669 g/mol. The molecule has 3 heteroatoms. The summed E-state index contributed by atoms with van der Waals surface area (Å²) >= 11 is 0. The molecule has 0 amide bonds. The smallest absolute Gasteiger partial charge is 0.169 e. The lowest BCUT2D eigenvalue weighted by molar-refractivity contribution is -0.895. The summed E-state index contributed by atoms with van der Waals surface area (Å²) in [6.45, 7) is 4.54. The molecule has 2 unspecified atom stereocenters. The number of unbranched alkanes of at least 4 members (excludes halogenated alkanes) is 18. The van der Waals surface area contributed by atoms with E-state index in [0.29, 0.717) is 18.2 Å². The van der Waals surface area contributed by atoms with Crippen molar-refractivity contribution < 1.29 is 14.0 Å². The maximum atomic E-state index is 6.89. The molecule has 2 fully saturated rings. The van der Waals surface area contributed by atoms with E-state index in [2.05, 4.69) is 83.6 Å². The van der Waals surface area contributed by atoms with Crippen molar-refractivity contribution in [2.24, 2.45) is 0 Å². The molecule has 3 nitrogen and oxygen atoms in total. The second kappa shape index (κ2) is 27.5. The first-order valence-corrected chi connectivity index (χ1v) is 21.2. The van der Waals surface area contributed by atoms with Crippen LogP contribution in [0.5, 0.6) is 0 Å². The van der Waals surface area contributed by atoms with Crippen molar-refractivity contribution in [3.05, 3.63) is 48.6 Å². The highest BCUT2D eigenvalue weighted by atomic mass is 16.8. The summed E-state index contributed by atoms with van der Waals surface area (Å²) in [4.78, 5) is 0. The lowest BCUT2D eigenvalue weighted by Gasteiger charge is -2.34. The zero-order chi connectivity index (χ0) is 34.6. The third kappa shape index (κ3) is 20.5. The Morgan fingerprint density at radius 1 is 0.458 bits per heavy atom. The monoisotopic (exact) mass is 669 g/mol. The van der Waals surface area contributed by atoms with Crippen molar-refractivity contribution in [3.63, 3.8) is 0 Å². The Balaban J connectivity index is 1.58. The van der Waals surface area contributed by atoms with Gasteiger partial charge in [0, 0.05) is 25.7 Å². The summed E-state index contributed by atoms with van der Waals surface area (Å²) in [6, 6.07) is 0.654. The van der Waals surface area contributed by atoms with Crippen LogP contribution < -0.4 is 0 Å². The Hall–Kier alpha value is -1.16. The fourth-order valence-corrected chi connectivity index (χ4v) is 7.52. The molecule has 1 heterocycles. The fourth-order valence-electron chi connectivity index (χ4n) is 7.52. The number of allylic oxidation sites excluding steroid dienone is 8. The number of nitrogens with zero attached hydrogens (tertiary/aromatic N) is 1. The summed E-state index contributed by atoms with van der Waals surface area (Å²) < 4.78 is 14.8. The number of rotatable bonds is 31. The molecule has 2 aliphatic rings. The van der Waals surface area contributed by atoms with E-state index < -0.39 is 0 Å². The molecule has 0 aromatic carbocycles. The van der Waals surface area contributed by atoms with Gasteiger partial charge in [0.1, 0.15) is 0 Å². The molecule has 0 N–H and O–H groups in total. The van der Waals surface area contributed by atoms with Gasteiger partial charge in [-0.15, -0.1) is 0 Å². The van der Waals surface area contributed by atoms with Crippen LogP contribution in [0.25, 0.3) is 0 Å². The Kier molecular flexibility index (Phi) is 24.7. The standard InChI is InChI=1S/C45H82NO2/c1-6-8-10-12-14-16-18-20-22-24-26-28-30-32-34-36-38-45(47-43-40-42(46(3,4)5)41-44(43)48-45)39-37-35-33-31-29-27-25-23-21-19-17-15-13-11-9-7-2/h14-17,20-23,42-44H,6-13,18-19,24-41H2,1-5H3/q+1/b16-14-,17-15-,22-20-,23-21-. The van der Waals surface area contributed by atoms with E-state index in [-0.39, 0.29) is 5.79 Å². The minimum Gasteiger partial charge on any atom is -0.344 e. The second-order valence-electron chi connectivity index (χ2n) is 16.1.